The van der Waals surface area contributed by atoms with Gasteiger partial charge in [0.1, 0.15) is 5.75 Å². The van der Waals surface area contributed by atoms with Crippen LogP contribution in [0.4, 0.5) is 13.2 Å². The highest BCUT2D eigenvalue weighted by atomic mass is 19.4. The number of benzene rings is 2. The summed E-state index contributed by atoms with van der Waals surface area (Å²) in [6.45, 7) is 1.78. The van der Waals surface area contributed by atoms with E-state index in [0.717, 1.165) is 17.7 Å². The molecule has 0 bridgehead atoms. The van der Waals surface area contributed by atoms with Gasteiger partial charge in [-0.3, -0.25) is 4.79 Å². The predicted molar refractivity (Wildman–Crippen MR) is 73.6 cm³/mol. The summed E-state index contributed by atoms with van der Waals surface area (Å²) in [6, 6.07) is 8.19. The van der Waals surface area contributed by atoms with Crippen molar-refractivity contribution < 1.29 is 22.7 Å². The second-order valence-electron chi connectivity index (χ2n) is 4.61. The van der Waals surface area contributed by atoms with Crippen LogP contribution in [0, 0.1) is 6.92 Å². The van der Waals surface area contributed by atoms with Gasteiger partial charge in [0, 0.05) is 0 Å². The maximum Gasteiger partial charge on any atom is 0.416 e. The van der Waals surface area contributed by atoms with Gasteiger partial charge in [0.05, 0.1) is 18.2 Å². The van der Waals surface area contributed by atoms with E-state index in [9.17, 15) is 18.0 Å². The molecular weight excluding hydrogens is 281 g/mol. The molecule has 0 atom stereocenters. The van der Waals surface area contributed by atoms with E-state index in [-0.39, 0.29) is 0 Å². The van der Waals surface area contributed by atoms with E-state index in [0.29, 0.717) is 28.7 Å². The molecule has 2 nitrogen and oxygen atoms in total. The molecule has 0 aromatic heterocycles. The summed E-state index contributed by atoms with van der Waals surface area (Å²) < 4.78 is 42.8. The van der Waals surface area contributed by atoms with E-state index in [1.54, 1.807) is 19.1 Å². The summed E-state index contributed by atoms with van der Waals surface area (Å²) in [7, 11) is 1.47. The second kappa shape index (κ2) is 5.60. The van der Waals surface area contributed by atoms with Gasteiger partial charge < -0.3 is 4.74 Å². The van der Waals surface area contributed by atoms with E-state index in [1.165, 1.54) is 19.2 Å². The Morgan fingerprint density at radius 2 is 1.67 bits per heavy atom. The molecule has 0 aliphatic rings. The van der Waals surface area contributed by atoms with Crippen molar-refractivity contribution in [2.75, 3.05) is 7.11 Å². The third kappa shape index (κ3) is 3.07. The molecular formula is C16H13F3O2. The van der Waals surface area contributed by atoms with Crippen LogP contribution in [0.1, 0.15) is 21.5 Å². The average molecular weight is 294 g/mol. The van der Waals surface area contributed by atoms with E-state index >= 15 is 0 Å². The Kier molecular flexibility index (Phi) is 4.02. The van der Waals surface area contributed by atoms with E-state index < -0.39 is 11.7 Å². The third-order valence-electron chi connectivity index (χ3n) is 3.18. The number of methoxy groups -OCH3 is 1. The number of ether oxygens (including phenoxy) is 1. The van der Waals surface area contributed by atoms with Crippen molar-refractivity contribution in [3.8, 4) is 16.9 Å². The summed E-state index contributed by atoms with van der Waals surface area (Å²) in [4.78, 5) is 11.1. The molecule has 0 aliphatic carbocycles. The number of hydrogen-bond acceptors (Lipinski definition) is 2. The molecule has 110 valence electrons. The van der Waals surface area contributed by atoms with E-state index in [4.69, 9.17) is 4.74 Å². The molecule has 0 N–H and O–H groups in total. The van der Waals surface area contributed by atoms with Crippen molar-refractivity contribution in [1.82, 2.24) is 0 Å². The zero-order valence-corrected chi connectivity index (χ0v) is 11.5. The van der Waals surface area contributed by atoms with Gasteiger partial charge >= 0.3 is 6.18 Å². The van der Waals surface area contributed by atoms with Crippen molar-refractivity contribution in [2.24, 2.45) is 0 Å². The fraction of sp³-hybridized carbons (Fsp3) is 0.188. The summed E-state index contributed by atoms with van der Waals surface area (Å²) >= 11 is 0. The zero-order chi connectivity index (χ0) is 15.6. The molecule has 5 heteroatoms. The summed E-state index contributed by atoms with van der Waals surface area (Å²) in [5, 5.41) is 0. The third-order valence-corrected chi connectivity index (χ3v) is 3.18. The lowest BCUT2D eigenvalue weighted by Crippen LogP contribution is -2.04. The van der Waals surface area contributed by atoms with Crippen LogP contribution in [0.2, 0.25) is 0 Å². The SMILES string of the molecule is COc1c(C)cc(-c2ccc(C(F)(F)F)cc2)cc1C=O. The molecule has 0 aliphatic heterocycles. The lowest BCUT2D eigenvalue weighted by molar-refractivity contribution is -0.137. The fourth-order valence-electron chi connectivity index (χ4n) is 2.19. The number of rotatable bonds is 3. The smallest absolute Gasteiger partial charge is 0.416 e. The summed E-state index contributed by atoms with van der Waals surface area (Å²) in [6.07, 6.45) is -3.69. The minimum atomic E-state index is -4.36. The van der Waals surface area contributed by atoms with Gasteiger partial charge in [-0.2, -0.15) is 13.2 Å². The standard InChI is InChI=1S/C16H13F3O2/c1-10-7-12(8-13(9-20)15(10)21-2)11-3-5-14(6-4-11)16(17,18)19/h3-9H,1-2H3. The van der Waals surface area contributed by atoms with Crippen molar-refractivity contribution in [1.29, 1.82) is 0 Å². The summed E-state index contributed by atoms with van der Waals surface area (Å²) in [5.74, 6) is 0.473. The molecule has 2 rings (SSSR count). The Hall–Kier alpha value is -2.30. The molecule has 0 radical (unpaired) electrons. The van der Waals surface area contributed by atoms with Crippen LogP contribution in [0.25, 0.3) is 11.1 Å². The van der Waals surface area contributed by atoms with Gasteiger partial charge in [-0.05, 0) is 47.9 Å². The van der Waals surface area contributed by atoms with Crippen molar-refractivity contribution in [3.63, 3.8) is 0 Å². The molecule has 0 unspecified atom stereocenters. The molecule has 21 heavy (non-hydrogen) atoms. The van der Waals surface area contributed by atoms with Crippen molar-refractivity contribution in [2.45, 2.75) is 13.1 Å². The molecule has 2 aromatic rings. The maximum atomic E-state index is 12.5. The van der Waals surface area contributed by atoms with Gasteiger partial charge in [0.25, 0.3) is 0 Å². The fourth-order valence-corrected chi connectivity index (χ4v) is 2.19. The molecule has 0 saturated heterocycles. The first-order valence-corrected chi connectivity index (χ1v) is 6.18. The largest absolute Gasteiger partial charge is 0.496 e. The van der Waals surface area contributed by atoms with Gasteiger partial charge in [-0.15, -0.1) is 0 Å². The predicted octanol–water partition coefficient (Wildman–Crippen LogP) is 4.50. The summed E-state index contributed by atoms with van der Waals surface area (Å²) in [5.41, 5.74) is 1.69. The lowest BCUT2D eigenvalue weighted by atomic mass is 9.98. The lowest BCUT2D eigenvalue weighted by Gasteiger charge is -2.12. The zero-order valence-electron chi connectivity index (χ0n) is 11.5. The maximum absolute atomic E-state index is 12.5. The number of aryl methyl sites for hydroxylation is 1. The Balaban J connectivity index is 2.47. The highest BCUT2D eigenvalue weighted by Crippen LogP contribution is 2.33. The number of carbonyl (C=O) groups excluding carboxylic acids is 1. The molecule has 2 aromatic carbocycles. The average Bonchev–Trinajstić information content (AvgIpc) is 2.45. The van der Waals surface area contributed by atoms with Gasteiger partial charge in [0.2, 0.25) is 0 Å². The normalized spacial score (nSPS) is 11.3. The molecule has 0 fully saturated rings. The van der Waals surface area contributed by atoms with Crippen LogP contribution in [-0.2, 0) is 6.18 Å². The molecule has 0 heterocycles. The van der Waals surface area contributed by atoms with Crippen LogP contribution < -0.4 is 4.74 Å². The quantitative estimate of drug-likeness (QED) is 0.779. The Morgan fingerprint density at radius 3 is 2.14 bits per heavy atom. The Bertz CT molecular complexity index is 658. The Labute approximate surface area is 120 Å². The minimum absolute atomic E-state index is 0.368. The number of carbonyl (C=O) groups is 1. The van der Waals surface area contributed by atoms with E-state index in [2.05, 4.69) is 0 Å². The monoisotopic (exact) mass is 294 g/mol. The first-order valence-electron chi connectivity index (χ1n) is 6.18. The van der Waals surface area contributed by atoms with Crippen molar-refractivity contribution >= 4 is 6.29 Å². The van der Waals surface area contributed by atoms with Crippen LogP contribution in [0.5, 0.6) is 5.75 Å². The molecule has 0 spiro atoms. The number of halogens is 3. The molecule has 0 amide bonds. The van der Waals surface area contributed by atoms with Gasteiger partial charge in [-0.1, -0.05) is 12.1 Å². The van der Waals surface area contributed by atoms with Crippen molar-refractivity contribution in [3.05, 3.63) is 53.1 Å². The van der Waals surface area contributed by atoms with E-state index in [1.807, 2.05) is 0 Å². The van der Waals surface area contributed by atoms with Crippen LogP contribution in [-0.4, -0.2) is 13.4 Å². The van der Waals surface area contributed by atoms with Crippen LogP contribution >= 0.6 is 0 Å². The topological polar surface area (TPSA) is 26.3 Å². The second-order valence-corrected chi connectivity index (χ2v) is 4.61. The van der Waals surface area contributed by atoms with Gasteiger partial charge in [-0.25, -0.2) is 0 Å². The number of alkyl halides is 3. The Morgan fingerprint density at radius 1 is 1.05 bits per heavy atom. The van der Waals surface area contributed by atoms with Gasteiger partial charge in [0.15, 0.2) is 6.29 Å². The number of aldehydes is 1. The minimum Gasteiger partial charge on any atom is -0.496 e. The first kappa shape index (κ1) is 15.1. The van der Waals surface area contributed by atoms with Crippen LogP contribution in [0.15, 0.2) is 36.4 Å². The highest BCUT2D eigenvalue weighted by Gasteiger charge is 2.30. The number of hydrogen-bond donors (Lipinski definition) is 0. The van der Waals surface area contributed by atoms with Crippen LogP contribution in [0.3, 0.4) is 0 Å². The molecule has 0 saturated carbocycles. The first-order chi connectivity index (χ1) is 9.86. The highest BCUT2D eigenvalue weighted by molar-refractivity contribution is 5.84.